The predicted octanol–water partition coefficient (Wildman–Crippen LogP) is 4.68. The van der Waals surface area contributed by atoms with Crippen molar-refractivity contribution in [2.24, 2.45) is 5.10 Å². The number of benzene rings is 2. The van der Waals surface area contributed by atoms with Crippen molar-refractivity contribution in [3.05, 3.63) is 81.0 Å². The molecule has 7 heteroatoms. The third kappa shape index (κ3) is 5.58. The zero-order chi connectivity index (χ0) is 19.8. The number of carbonyl (C=O) groups excluding carboxylic acids is 1. The molecule has 1 aromatic heterocycles. The van der Waals surface area contributed by atoms with E-state index in [0.717, 1.165) is 16.0 Å². The number of hydrogen-bond donors (Lipinski definition) is 1. The summed E-state index contributed by atoms with van der Waals surface area (Å²) in [6.07, 6.45) is 1.87. The molecule has 0 aliphatic heterocycles. The fourth-order valence-electron chi connectivity index (χ4n) is 2.44. The molecule has 0 aliphatic rings. The minimum Gasteiger partial charge on any atom is -0.493 e. The Hall–Kier alpha value is -2.83. The predicted molar refractivity (Wildman–Crippen MR) is 113 cm³/mol. The first kappa shape index (κ1) is 19.9. The Labute approximate surface area is 172 Å². The van der Waals surface area contributed by atoms with Crippen LogP contribution in [-0.2, 0) is 17.8 Å². The smallest absolute Gasteiger partial charge is 0.245 e. The van der Waals surface area contributed by atoms with Crippen LogP contribution in [0, 0.1) is 0 Å². The molecule has 0 fully saturated rings. The Morgan fingerprint density at radius 2 is 2.04 bits per heavy atom. The van der Waals surface area contributed by atoms with E-state index >= 15 is 0 Å². The van der Waals surface area contributed by atoms with Crippen molar-refractivity contribution in [1.29, 1.82) is 0 Å². The SMILES string of the molecule is COc1cc(/C=N\NC(=O)Cc2cccs2)ccc1OCc1ccccc1Cl. The number of nitrogens with one attached hydrogen (secondary N) is 1. The molecule has 144 valence electrons. The highest BCUT2D eigenvalue weighted by atomic mass is 35.5. The molecular weight excluding hydrogens is 396 g/mol. The monoisotopic (exact) mass is 414 g/mol. The highest BCUT2D eigenvalue weighted by molar-refractivity contribution is 7.10. The molecule has 0 saturated carbocycles. The van der Waals surface area contributed by atoms with Gasteiger partial charge in [-0.3, -0.25) is 4.79 Å². The van der Waals surface area contributed by atoms with Crippen LogP contribution in [0.2, 0.25) is 5.02 Å². The molecular formula is C21H19ClN2O3S. The Morgan fingerprint density at radius 3 is 2.79 bits per heavy atom. The summed E-state index contributed by atoms with van der Waals surface area (Å²) in [6, 6.07) is 16.8. The standard InChI is InChI=1S/C21H19ClN2O3S/c1-26-20-11-15(13-23-24-21(25)12-17-6-4-10-28-17)8-9-19(20)27-14-16-5-2-3-7-18(16)22/h2-11,13H,12,14H2,1H3,(H,24,25)/b23-13-. The van der Waals surface area contributed by atoms with Crippen LogP contribution in [-0.4, -0.2) is 19.2 Å². The summed E-state index contributed by atoms with van der Waals surface area (Å²) in [6.45, 7) is 0.336. The molecule has 1 N–H and O–H groups in total. The lowest BCUT2D eigenvalue weighted by Gasteiger charge is -2.12. The average Bonchev–Trinajstić information content (AvgIpc) is 3.20. The average molecular weight is 415 g/mol. The quantitative estimate of drug-likeness (QED) is 0.430. The zero-order valence-electron chi connectivity index (χ0n) is 15.2. The van der Waals surface area contributed by atoms with Crippen molar-refractivity contribution in [2.45, 2.75) is 13.0 Å². The molecule has 0 bridgehead atoms. The molecule has 0 radical (unpaired) electrons. The van der Waals surface area contributed by atoms with Crippen molar-refractivity contribution < 1.29 is 14.3 Å². The number of hydrogen-bond acceptors (Lipinski definition) is 5. The maximum atomic E-state index is 11.9. The number of nitrogens with zero attached hydrogens (tertiary/aromatic N) is 1. The molecule has 5 nitrogen and oxygen atoms in total. The summed E-state index contributed by atoms with van der Waals surface area (Å²) < 4.78 is 11.2. The van der Waals surface area contributed by atoms with Gasteiger partial charge >= 0.3 is 0 Å². The van der Waals surface area contributed by atoms with Gasteiger partial charge in [-0.15, -0.1) is 11.3 Å². The molecule has 0 atom stereocenters. The second-order valence-corrected chi connectivity index (χ2v) is 7.28. The number of hydrazone groups is 1. The first-order chi connectivity index (χ1) is 13.7. The van der Waals surface area contributed by atoms with Crippen molar-refractivity contribution in [3.8, 4) is 11.5 Å². The van der Waals surface area contributed by atoms with Crippen LogP contribution in [0.4, 0.5) is 0 Å². The topological polar surface area (TPSA) is 59.9 Å². The van der Waals surface area contributed by atoms with Gasteiger partial charge in [0.1, 0.15) is 6.61 Å². The van der Waals surface area contributed by atoms with Crippen LogP contribution < -0.4 is 14.9 Å². The van der Waals surface area contributed by atoms with Crippen molar-refractivity contribution in [2.75, 3.05) is 7.11 Å². The number of carbonyl (C=O) groups is 1. The maximum Gasteiger partial charge on any atom is 0.245 e. The van der Waals surface area contributed by atoms with Crippen LogP contribution in [0.5, 0.6) is 11.5 Å². The molecule has 1 heterocycles. The van der Waals surface area contributed by atoms with Gasteiger partial charge in [0.15, 0.2) is 11.5 Å². The Morgan fingerprint density at radius 1 is 1.18 bits per heavy atom. The van der Waals surface area contributed by atoms with E-state index in [0.29, 0.717) is 29.5 Å². The maximum absolute atomic E-state index is 11.9. The van der Waals surface area contributed by atoms with Crippen LogP contribution in [0.1, 0.15) is 16.0 Å². The third-order valence-electron chi connectivity index (χ3n) is 3.85. The van der Waals surface area contributed by atoms with E-state index in [-0.39, 0.29) is 5.91 Å². The number of methoxy groups -OCH3 is 1. The van der Waals surface area contributed by atoms with E-state index in [2.05, 4.69) is 10.5 Å². The molecule has 0 aliphatic carbocycles. The summed E-state index contributed by atoms with van der Waals surface area (Å²) in [4.78, 5) is 12.8. The van der Waals surface area contributed by atoms with Crippen molar-refractivity contribution in [3.63, 3.8) is 0 Å². The molecule has 3 rings (SSSR count). The van der Waals surface area contributed by atoms with Gasteiger partial charge in [-0.25, -0.2) is 5.43 Å². The van der Waals surface area contributed by atoms with Crippen LogP contribution in [0.3, 0.4) is 0 Å². The van der Waals surface area contributed by atoms with Crippen LogP contribution in [0.15, 0.2) is 65.1 Å². The summed E-state index contributed by atoms with van der Waals surface area (Å²) >= 11 is 7.69. The highest BCUT2D eigenvalue weighted by Crippen LogP contribution is 2.29. The Bertz CT molecular complexity index is 958. The summed E-state index contributed by atoms with van der Waals surface area (Å²) in [5.74, 6) is 1.01. The van der Waals surface area contributed by atoms with Gasteiger partial charge in [-0.1, -0.05) is 35.9 Å². The second kappa shape index (κ2) is 9.92. The molecule has 1 amide bonds. The molecule has 28 heavy (non-hydrogen) atoms. The molecule has 0 spiro atoms. The van der Waals surface area contributed by atoms with Gasteiger partial charge in [0.25, 0.3) is 0 Å². The summed E-state index contributed by atoms with van der Waals surface area (Å²) in [7, 11) is 1.57. The first-order valence-electron chi connectivity index (χ1n) is 8.54. The fourth-order valence-corrected chi connectivity index (χ4v) is 3.34. The van der Waals surface area contributed by atoms with Gasteiger partial charge in [0.05, 0.1) is 19.7 Å². The highest BCUT2D eigenvalue weighted by Gasteiger charge is 2.07. The minimum atomic E-state index is -0.162. The Kier molecular flexibility index (Phi) is 7.06. The van der Waals surface area contributed by atoms with Gasteiger partial charge in [0.2, 0.25) is 5.91 Å². The van der Waals surface area contributed by atoms with Gasteiger partial charge in [0, 0.05) is 15.5 Å². The lowest BCUT2D eigenvalue weighted by molar-refractivity contribution is -0.120. The van der Waals surface area contributed by atoms with Gasteiger partial charge in [-0.05, 0) is 41.3 Å². The molecule has 2 aromatic carbocycles. The molecule has 3 aromatic rings. The van der Waals surface area contributed by atoms with Crippen LogP contribution >= 0.6 is 22.9 Å². The third-order valence-corrected chi connectivity index (χ3v) is 5.09. The van der Waals surface area contributed by atoms with E-state index in [1.54, 1.807) is 36.8 Å². The number of ether oxygens (including phenoxy) is 2. The zero-order valence-corrected chi connectivity index (χ0v) is 16.8. The normalized spacial score (nSPS) is 10.8. The van der Waals surface area contributed by atoms with Crippen molar-refractivity contribution >= 4 is 35.1 Å². The van der Waals surface area contributed by atoms with Gasteiger partial charge < -0.3 is 9.47 Å². The summed E-state index contributed by atoms with van der Waals surface area (Å²) in [5.41, 5.74) is 4.19. The first-order valence-corrected chi connectivity index (χ1v) is 9.80. The Balaban J connectivity index is 1.59. The van der Waals surface area contributed by atoms with E-state index in [4.69, 9.17) is 21.1 Å². The lowest BCUT2D eigenvalue weighted by atomic mass is 10.2. The number of amides is 1. The van der Waals surface area contributed by atoms with Crippen LogP contribution in [0.25, 0.3) is 0 Å². The fraction of sp³-hybridized carbons (Fsp3) is 0.143. The van der Waals surface area contributed by atoms with Crippen molar-refractivity contribution in [1.82, 2.24) is 5.43 Å². The second-order valence-electron chi connectivity index (χ2n) is 5.84. The van der Waals surface area contributed by atoms with E-state index in [1.165, 1.54) is 0 Å². The van der Waals surface area contributed by atoms with E-state index in [9.17, 15) is 4.79 Å². The van der Waals surface area contributed by atoms with Gasteiger partial charge in [-0.2, -0.15) is 5.10 Å². The molecule has 0 unspecified atom stereocenters. The minimum absolute atomic E-state index is 0.162. The summed E-state index contributed by atoms with van der Waals surface area (Å²) in [5, 5.41) is 6.59. The van der Waals surface area contributed by atoms with E-state index in [1.807, 2.05) is 47.8 Å². The molecule has 0 saturated heterocycles. The number of thiophene rings is 1. The number of halogens is 1. The lowest BCUT2D eigenvalue weighted by Crippen LogP contribution is -2.19. The largest absolute Gasteiger partial charge is 0.493 e. The van der Waals surface area contributed by atoms with E-state index < -0.39 is 0 Å². The number of rotatable bonds is 8.